The molecule has 0 atom stereocenters. The largest absolute Gasteiger partial charge is 0.483 e. The molecule has 4 aromatic carbocycles. The van der Waals surface area contributed by atoms with E-state index in [-0.39, 0.29) is 27.3 Å². The van der Waals surface area contributed by atoms with Gasteiger partial charge in [0, 0.05) is 28.5 Å². The number of anilines is 2. The molecule has 0 spiro atoms. The summed E-state index contributed by atoms with van der Waals surface area (Å²) in [5.74, 6) is 0.188. The van der Waals surface area contributed by atoms with E-state index in [1.807, 2.05) is 0 Å². The maximum atomic E-state index is 12.1. The van der Waals surface area contributed by atoms with Crippen LogP contribution in [0, 0.1) is 13.8 Å². The van der Waals surface area contributed by atoms with Gasteiger partial charge in [-0.3, -0.25) is 9.59 Å². The average molecular weight is 826 g/mol. The number of carbonyl (C=O) groups is 4. The van der Waals surface area contributed by atoms with E-state index in [1.165, 1.54) is 48.5 Å². The zero-order valence-electron chi connectivity index (χ0n) is 29.0. The van der Waals surface area contributed by atoms with Crippen molar-refractivity contribution >= 4 is 78.6 Å². The van der Waals surface area contributed by atoms with Crippen LogP contribution in [0.4, 0.5) is 21.0 Å². The molecule has 4 N–H and O–H groups in total. The van der Waals surface area contributed by atoms with Gasteiger partial charge in [-0.2, -0.15) is 0 Å². The Labute approximate surface area is 321 Å². The summed E-state index contributed by atoms with van der Waals surface area (Å²) in [5.41, 5.74) is 2.29. The summed E-state index contributed by atoms with van der Waals surface area (Å²) in [6.07, 6.45) is -2.69. The van der Waals surface area contributed by atoms with E-state index >= 15 is 0 Å². The number of sulfonamides is 2. The lowest BCUT2D eigenvalue weighted by Gasteiger charge is -2.14. The van der Waals surface area contributed by atoms with Crippen LogP contribution in [0.2, 0.25) is 10.0 Å². The highest BCUT2D eigenvalue weighted by atomic mass is 35.5. The number of hydrogen-bond donors (Lipinski definition) is 4. The van der Waals surface area contributed by atoms with Gasteiger partial charge < -0.3 is 30.0 Å². The predicted octanol–water partition coefficient (Wildman–Crippen LogP) is 5.68. The lowest BCUT2D eigenvalue weighted by Crippen LogP contribution is -2.31. The molecule has 4 aromatic rings. The van der Waals surface area contributed by atoms with Crippen molar-refractivity contribution in [3.63, 3.8) is 0 Å². The average Bonchev–Trinajstić information content (AvgIpc) is 3.11. The summed E-state index contributed by atoms with van der Waals surface area (Å²) in [4.78, 5) is 45.5. The van der Waals surface area contributed by atoms with Crippen LogP contribution in [0.25, 0.3) is 0 Å². The van der Waals surface area contributed by atoms with Gasteiger partial charge in [-0.05, 0) is 110 Å². The number of aryl methyl sites for hydroxylation is 2. The lowest BCUT2D eigenvalue weighted by molar-refractivity contribution is -0.118. The third-order valence-electron chi connectivity index (χ3n) is 6.91. The number of halogens is 2. The molecule has 54 heavy (non-hydrogen) atoms. The summed E-state index contributed by atoms with van der Waals surface area (Å²) in [5, 5.41) is 15.1. The summed E-state index contributed by atoms with van der Waals surface area (Å²) >= 11 is 11.7. The highest BCUT2D eigenvalue weighted by Crippen LogP contribution is 2.23. The minimum Gasteiger partial charge on any atom is -0.483 e. The fourth-order valence-electron chi connectivity index (χ4n) is 4.13. The molecule has 0 saturated carbocycles. The number of benzene rings is 4. The minimum atomic E-state index is -4.15. The van der Waals surface area contributed by atoms with Gasteiger partial charge in [0.25, 0.3) is 31.9 Å². The van der Waals surface area contributed by atoms with Crippen LogP contribution in [0.15, 0.2) is 94.7 Å². The van der Waals surface area contributed by atoms with Crippen LogP contribution in [-0.2, 0) is 34.4 Å². The Bertz CT molecular complexity index is 2220. The second-order valence-corrected chi connectivity index (χ2v) is 15.4. The maximum Gasteiger partial charge on any atom is 0.421 e. The van der Waals surface area contributed by atoms with E-state index in [1.54, 1.807) is 55.0 Å². The third-order valence-corrected chi connectivity index (χ3v) is 10.5. The molecule has 0 saturated heterocycles. The third kappa shape index (κ3) is 12.5. The fraction of sp³-hybridized carbons (Fsp3) is 0.176. The highest BCUT2D eigenvalue weighted by molar-refractivity contribution is 7.90. The summed E-state index contributed by atoms with van der Waals surface area (Å²) < 4.78 is 65.0. The first-order valence-corrected chi connectivity index (χ1v) is 18.9. The SMILES string of the molecule is COC(=O)NS(=O)(=O)c1ccc(NC(=O)COc2ccc(Cl)cc2C)cc1.Cc1cc(Cl)ccc1OCC(=O)Nc1ccc(S(=O)(=O)N(C)C(=O)O)cc1. The van der Waals surface area contributed by atoms with Crippen molar-refractivity contribution in [1.29, 1.82) is 0 Å². The molecule has 20 heteroatoms. The molecule has 16 nitrogen and oxygen atoms in total. The molecule has 0 unspecified atom stereocenters. The van der Waals surface area contributed by atoms with E-state index in [2.05, 4.69) is 15.4 Å². The normalized spacial score (nSPS) is 10.9. The Morgan fingerprint density at radius 2 is 1.09 bits per heavy atom. The van der Waals surface area contributed by atoms with Crippen molar-refractivity contribution in [1.82, 2.24) is 9.03 Å². The van der Waals surface area contributed by atoms with Gasteiger partial charge in [0.05, 0.1) is 16.9 Å². The Morgan fingerprint density at radius 1 is 0.685 bits per heavy atom. The smallest absolute Gasteiger partial charge is 0.421 e. The van der Waals surface area contributed by atoms with Gasteiger partial charge in [0.1, 0.15) is 11.5 Å². The molecule has 0 aliphatic carbocycles. The van der Waals surface area contributed by atoms with Gasteiger partial charge in [0.15, 0.2) is 13.2 Å². The zero-order valence-corrected chi connectivity index (χ0v) is 32.1. The van der Waals surface area contributed by atoms with Crippen LogP contribution in [0.3, 0.4) is 0 Å². The van der Waals surface area contributed by atoms with Crippen LogP contribution < -0.4 is 24.8 Å². The number of rotatable bonds is 12. The van der Waals surface area contributed by atoms with Gasteiger partial charge in [-0.1, -0.05) is 23.2 Å². The predicted molar refractivity (Wildman–Crippen MR) is 199 cm³/mol. The Morgan fingerprint density at radius 3 is 1.46 bits per heavy atom. The van der Waals surface area contributed by atoms with Gasteiger partial charge in [0.2, 0.25) is 0 Å². The minimum absolute atomic E-state index is 0.154. The fourth-order valence-corrected chi connectivity index (χ4v) is 6.50. The maximum absolute atomic E-state index is 12.1. The first kappa shape index (κ1) is 42.8. The topological polar surface area (TPSA) is 224 Å². The van der Waals surface area contributed by atoms with E-state index in [0.717, 1.165) is 25.3 Å². The molecule has 4 amide bonds. The summed E-state index contributed by atoms with van der Waals surface area (Å²) in [7, 11) is -6.21. The summed E-state index contributed by atoms with van der Waals surface area (Å²) in [6.45, 7) is 3.13. The first-order valence-electron chi connectivity index (χ1n) is 15.2. The van der Waals surface area contributed by atoms with Gasteiger partial charge in [-0.25, -0.2) is 35.5 Å². The molecule has 0 aliphatic heterocycles. The molecule has 0 radical (unpaired) electrons. The molecule has 4 rings (SSSR count). The van der Waals surface area contributed by atoms with Crippen molar-refractivity contribution in [2.45, 2.75) is 23.6 Å². The van der Waals surface area contributed by atoms with E-state index in [0.29, 0.717) is 32.9 Å². The molecular weight excluding hydrogens is 791 g/mol. The standard InChI is InChI=1S/2C17H17ClN2O6S/c1-11-9-12(18)3-8-15(11)26-10-16(21)19-13-4-6-14(7-5-13)27(23,24)20-17(22)25-2;1-11-9-12(18)3-8-15(11)26-10-16(21)19-13-4-6-14(7-5-13)27(24,25)20(2)17(22)23/h3-9H,10H2,1-2H3,(H,19,21)(H,20,22);3-9H,10H2,1-2H3,(H,19,21)(H,22,23). The quantitative estimate of drug-likeness (QED) is 0.136. The van der Waals surface area contributed by atoms with Crippen molar-refractivity contribution in [2.24, 2.45) is 0 Å². The Kier molecular flexibility index (Phi) is 15.1. The second kappa shape index (κ2) is 19.0. The molecule has 0 aliphatic rings. The number of hydrogen-bond acceptors (Lipinski definition) is 11. The number of carbonyl (C=O) groups excluding carboxylic acids is 3. The van der Waals surface area contributed by atoms with Crippen molar-refractivity contribution in [3.05, 3.63) is 106 Å². The van der Waals surface area contributed by atoms with Crippen molar-refractivity contribution < 1.29 is 55.3 Å². The van der Waals surface area contributed by atoms with E-state index in [4.69, 9.17) is 37.8 Å². The lowest BCUT2D eigenvalue weighted by atomic mass is 10.2. The number of amides is 4. The second-order valence-electron chi connectivity index (χ2n) is 10.9. The Balaban J connectivity index is 0.000000290. The van der Waals surface area contributed by atoms with Crippen molar-refractivity contribution in [3.8, 4) is 11.5 Å². The Hall–Kier alpha value is -5.56. The molecule has 288 valence electrons. The van der Waals surface area contributed by atoms with Gasteiger partial charge >= 0.3 is 12.2 Å². The van der Waals surface area contributed by atoms with Crippen LogP contribution in [0.1, 0.15) is 11.1 Å². The van der Waals surface area contributed by atoms with E-state index in [9.17, 15) is 36.0 Å². The molecule has 0 heterocycles. The van der Waals surface area contributed by atoms with Crippen molar-refractivity contribution in [2.75, 3.05) is 38.0 Å². The van der Waals surface area contributed by atoms with Crippen LogP contribution in [0.5, 0.6) is 11.5 Å². The number of carboxylic acid groups (broad SMARTS) is 1. The number of nitrogens with one attached hydrogen (secondary N) is 3. The molecule has 0 fully saturated rings. The highest BCUT2D eigenvalue weighted by Gasteiger charge is 2.25. The number of nitrogens with zero attached hydrogens (tertiary/aromatic N) is 1. The molecular formula is C34H34Cl2N4O12S2. The van der Waals surface area contributed by atoms with Crippen LogP contribution in [-0.4, -0.2) is 77.6 Å². The van der Waals surface area contributed by atoms with Gasteiger partial charge in [-0.15, -0.1) is 0 Å². The monoisotopic (exact) mass is 824 g/mol. The molecule has 0 aromatic heterocycles. The zero-order chi connectivity index (χ0) is 40.2. The van der Waals surface area contributed by atoms with Crippen LogP contribution >= 0.6 is 23.2 Å². The summed E-state index contributed by atoms with van der Waals surface area (Å²) in [6, 6.07) is 20.4. The number of ether oxygens (including phenoxy) is 3. The van der Waals surface area contributed by atoms with E-state index < -0.39 is 44.0 Å². The first-order chi connectivity index (χ1) is 25.3. The molecule has 0 bridgehead atoms. The number of methoxy groups -OCH3 is 1.